The van der Waals surface area contributed by atoms with Gasteiger partial charge < -0.3 is 4.57 Å². The monoisotopic (exact) mass is 785 g/mol. The van der Waals surface area contributed by atoms with Crippen LogP contribution in [0.3, 0.4) is 0 Å². The van der Waals surface area contributed by atoms with Gasteiger partial charge in [-0.3, -0.25) is 0 Å². The largest absolute Gasteiger partial charge is 0.316 e. The van der Waals surface area contributed by atoms with E-state index in [1.165, 1.54) is 104 Å². The number of nitrogens with zero attached hydrogens (tertiary/aromatic N) is 1. The Morgan fingerprint density at radius 1 is 0.300 bits per heavy atom. The number of benzene rings is 9. The third-order valence-electron chi connectivity index (χ3n) is 12.4. The molecule has 0 radical (unpaired) electrons. The summed E-state index contributed by atoms with van der Waals surface area (Å²) >= 11 is 0. The van der Waals surface area contributed by atoms with Crippen molar-refractivity contribution in [1.29, 1.82) is 0 Å². The zero-order chi connectivity index (χ0) is 40.2. The first kappa shape index (κ1) is 36.0. The Kier molecular flexibility index (Phi) is 8.76. The van der Waals surface area contributed by atoms with E-state index in [1.54, 1.807) is 0 Å². The van der Waals surface area contributed by atoms with Gasteiger partial charge >= 0.3 is 0 Å². The average molecular weight is 786 g/mol. The molecular weight excluding hydrogens is 743 g/mol. The minimum Gasteiger partial charge on any atom is -0.316 e. The Morgan fingerprint density at radius 2 is 0.700 bits per heavy atom. The number of aromatic nitrogens is 1. The van der Waals surface area contributed by atoms with E-state index < -0.39 is 10.0 Å². The smallest absolute Gasteiger partial charge is 0.0535 e. The van der Waals surface area contributed by atoms with E-state index in [1.807, 2.05) is 0 Å². The number of rotatable bonds is 7. The fourth-order valence-electron chi connectivity index (χ4n) is 9.08. The summed E-state index contributed by atoms with van der Waals surface area (Å²) in [5, 5.41) is 1.24. The van der Waals surface area contributed by atoms with Crippen LogP contribution in [0.1, 0.15) is 0 Å². The van der Waals surface area contributed by atoms with Gasteiger partial charge in [-0.15, -0.1) is 0 Å². The molecule has 1 aliphatic heterocycles. The van der Waals surface area contributed by atoms with Gasteiger partial charge in [-0.25, -0.2) is 0 Å². The zero-order valence-corrected chi connectivity index (χ0v) is 34.5. The Hall–Kier alpha value is -7.13. The van der Waals surface area contributed by atoms with Gasteiger partial charge in [0, 0.05) is 32.6 Å². The highest BCUT2D eigenvalue weighted by atomic mass is 32.3. The summed E-state index contributed by atoms with van der Waals surface area (Å²) < 4.78 is 2.41. The highest BCUT2D eigenvalue weighted by Crippen LogP contribution is 2.67. The van der Waals surface area contributed by atoms with E-state index in [9.17, 15) is 0 Å². The van der Waals surface area contributed by atoms with Crippen molar-refractivity contribution < 1.29 is 0 Å². The van der Waals surface area contributed by atoms with Crippen molar-refractivity contribution in [3.8, 4) is 83.6 Å². The van der Waals surface area contributed by atoms with Crippen molar-refractivity contribution in [3.05, 3.63) is 225 Å². The van der Waals surface area contributed by atoms with Crippen LogP contribution in [0.25, 0.3) is 94.5 Å². The lowest BCUT2D eigenvalue weighted by Crippen LogP contribution is -1.96. The number of hydrogen-bond acceptors (Lipinski definition) is 0. The molecule has 11 rings (SSSR count). The molecule has 0 unspecified atom stereocenters. The Bertz CT molecular complexity index is 3160. The van der Waals surface area contributed by atoms with Crippen molar-refractivity contribution >= 4 is 20.9 Å². The molecule has 60 heavy (non-hydrogen) atoms. The highest BCUT2D eigenvalue weighted by Gasteiger charge is 2.31. The molecule has 0 atom stereocenters. The van der Waals surface area contributed by atoms with E-state index in [0.717, 1.165) is 0 Å². The summed E-state index contributed by atoms with van der Waals surface area (Å²) in [6.45, 7) is 0. The SMILES string of the molecule is CS1(C)c2ccccc2-c2ccc(-n3cc(-c4ccc(-c5ccc(-c6ccccc6)cc5)cc4)c4cc(-c5ccc(-c6ccc(-c7ccccc7)cc6)cc5)ccc43)cc21. The van der Waals surface area contributed by atoms with E-state index in [2.05, 4.69) is 242 Å². The van der Waals surface area contributed by atoms with E-state index >= 15 is 0 Å². The van der Waals surface area contributed by atoms with Crippen LogP contribution in [-0.4, -0.2) is 17.1 Å². The maximum atomic E-state index is 2.45. The van der Waals surface area contributed by atoms with Crippen LogP contribution in [0.5, 0.6) is 0 Å². The van der Waals surface area contributed by atoms with Crippen molar-refractivity contribution in [3.63, 3.8) is 0 Å². The lowest BCUT2D eigenvalue weighted by molar-refractivity contribution is 1.12. The van der Waals surface area contributed by atoms with E-state index in [0.29, 0.717) is 0 Å². The van der Waals surface area contributed by atoms with Gasteiger partial charge in [0.25, 0.3) is 0 Å². The normalized spacial score (nSPS) is 13.2. The lowest BCUT2D eigenvalue weighted by atomic mass is 9.96. The van der Waals surface area contributed by atoms with Crippen LogP contribution in [0, 0.1) is 0 Å². The molecule has 1 aliphatic rings. The predicted molar refractivity (Wildman–Crippen MR) is 257 cm³/mol. The van der Waals surface area contributed by atoms with Crippen LogP contribution in [0.15, 0.2) is 234 Å². The predicted octanol–water partition coefficient (Wildman–Crippen LogP) is 16.1. The van der Waals surface area contributed by atoms with Crippen LogP contribution in [0.2, 0.25) is 0 Å². The van der Waals surface area contributed by atoms with Crippen molar-refractivity contribution in [2.45, 2.75) is 9.79 Å². The van der Waals surface area contributed by atoms with Crippen LogP contribution in [0.4, 0.5) is 0 Å². The molecule has 10 aromatic rings. The summed E-state index contributed by atoms with van der Waals surface area (Å²) in [6.07, 6.45) is 7.23. The second-order valence-electron chi connectivity index (χ2n) is 16.2. The molecule has 0 saturated heterocycles. The molecule has 0 spiro atoms. The first-order chi connectivity index (χ1) is 29.5. The molecule has 2 heterocycles. The summed E-state index contributed by atoms with van der Waals surface area (Å²) in [5.41, 5.74) is 19.8. The topological polar surface area (TPSA) is 4.93 Å². The highest BCUT2D eigenvalue weighted by molar-refractivity contribution is 8.33. The van der Waals surface area contributed by atoms with Gasteiger partial charge in [0.2, 0.25) is 0 Å². The fourth-order valence-corrected chi connectivity index (χ4v) is 11.6. The maximum Gasteiger partial charge on any atom is 0.0535 e. The molecule has 0 fully saturated rings. The molecule has 1 aromatic heterocycles. The summed E-state index contributed by atoms with van der Waals surface area (Å²) in [4.78, 5) is 2.93. The Labute approximate surface area is 354 Å². The summed E-state index contributed by atoms with van der Waals surface area (Å²) in [6, 6.07) is 80.1. The van der Waals surface area contributed by atoms with Crippen molar-refractivity contribution in [1.82, 2.24) is 4.57 Å². The van der Waals surface area contributed by atoms with Crippen molar-refractivity contribution in [2.75, 3.05) is 12.5 Å². The average Bonchev–Trinajstić information content (AvgIpc) is 3.81. The molecule has 0 saturated carbocycles. The quantitative estimate of drug-likeness (QED) is 0.152. The fraction of sp³-hybridized carbons (Fsp3) is 0.0345. The maximum absolute atomic E-state index is 2.45. The number of fused-ring (bicyclic) bond motifs is 4. The van der Waals surface area contributed by atoms with Crippen molar-refractivity contribution in [2.24, 2.45) is 0 Å². The lowest BCUT2D eigenvalue weighted by Gasteiger charge is -2.28. The van der Waals surface area contributed by atoms with Crippen LogP contribution >= 0.6 is 10.0 Å². The van der Waals surface area contributed by atoms with Gasteiger partial charge in [-0.2, -0.15) is 10.0 Å². The first-order valence-electron chi connectivity index (χ1n) is 20.6. The molecule has 0 amide bonds. The standard InChI is InChI=1S/C58H43NS/c1-60(2)57-16-10-9-15-52(57)53-35-34-51(38-58(53)60)59-39-55(49-31-29-47(30-32-49)45-23-19-43(20-24-45)41-13-7-4-8-14-41)54-37-50(33-36-56(54)59)48-27-25-46(26-28-48)44-21-17-42(18-22-44)40-11-5-3-6-12-40/h3-39H,1-2H3. The van der Waals surface area contributed by atoms with Crippen LogP contribution < -0.4 is 0 Å². The molecule has 9 aromatic carbocycles. The molecule has 0 N–H and O–H groups in total. The minimum absolute atomic E-state index is 1.14. The number of hydrogen-bond donors (Lipinski definition) is 0. The minimum atomic E-state index is -1.14. The third-order valence-corrected chi connectivity index (χ3v) is 15.3. The second-order valence-corrected chi connectivity index (χ2v) is 19.7. The molecule has 2 heteroatoms. The van der Waals surface area contributed by atoms with E-state index in [-0.39, 0.29) is 0 Å². The van der Waals surface area contributed by atoms with Gasteiger partial charge in [0.05, 0.1) is 5.52 Å². The molecule has 286 valence electrons. The molecule has 0 bridgehead atoms. The molecule has 1 nitrogen and oxygen atoms in total. The zero-order valence-electron chi connectivity index (χ0n) is 33.7. The first-order valence-corrected chi connectivity index (χ1v) is 23.1. The molecule has 0 aliphatic carbocycles. The third kappa shape index (κ3) is 6.29. The van der Waals surface area contributed by atoms with Gasteiger partial charge in [0.1, 0.15) is 0 Å². The molecular formula is C58H43NS. The van der Waals surface area contributed by atoms with Gasteiger partial charge in [0.15, 0.2) is 0 Å². The Balaban J connectivity index is 0.968. The van der Waals surface area contributed by atoms with E-state index in [4.69, 9.17) is 0 Å². The van der Waals surface area contributed by atoms with Crippen LogP contribution in [-0.2, 0) is 0 Å². The van der Waals surface area contributed by atoms with Gasteiger partial charge in [-0.05, 0) is 115 Å². The van der Waals surface area contributed by atoms with Gasteiger partial charge in [-0.1, -0.05) is 188 Å². The summed E-state index contributed by atoms with van der Waals surface area (Å²) in [5.74, 6) is 0. The second kappa shape index (κ2) is 14.6. The summed E-state index contributed by atoms with van der Waals surface area (Å²) in [7, 11) is -1.14. The Morgan fingerprint density at radius 3 is 1.22 bits per heavy atom.